The van der Waals surface area contributed by atoms with Gasteiger partial charge in [-0.05, 0) is 19.1 Å². The number of carbonyl (C=O) groups excluding carboxylic acids is 1. The Morgan fingerprint density at radius 1 is 1.38 bits per heavy atom. The lowest BCUT2D eigenvalue weighted by Crippen LogP contribution is -2.32. The van der Waals surface area contributed by atoms with Crippen LogP contribution in [0.5, 0.6) is 0 Å². The Kier molecular flexibility index (Phi) is 4.85. The number of para-hydroxylation sites is 2. The van der Waals surface area contributed by atoms with Crippen molar-refractivity contribution in [3.63, 3.8) is 0 Å². The fraction of sp³-hybridized carbons (Fsp3) is 0.353. The zero-order valence-corrected chi connectivity index (χ0v) is 14.5. The van der Waals surface area contributed by atoms with Crippen LogP contribution in [0.1, 0.15) is 19.7 Å². The Bertz CT molecular complexity index is 854. The Morgan fingerprint density at radius 3 is 2.88 bits per heavy atom. The Morgan fingerprint density at radius 2 is 2.17 bits per heavy atom. The second-order valence-electron chi connectivity index (χ2n) is 5.76. The number of aryl methyl sites for hydroxylation is 1. The monoisotopic (exact) mass is 345 g/mol. The molecule has 0 radical (unpaired) electrons. The van der Waals surface area contributed by atoms with Crippen LogP contribution < -0.4 is 5.32 Å². The molecule has 0 unspecified atom stereocenters. The van der Waals surface area contributed by atoms with E-state index in [-0.39, 0.29) is 11.8 Å². The summed E-state index contributed by atoms with van der Waals surface area (Å²) < 4.78 is 3.79. The van der Waals surface area contributed by atoms with Gasteiger partial charge in [-0.2, -0.15) is 5.10 Å². The number of aromatic nitrogens is 4. The minimum Gasteiger partial charge on any atom is -0.349 e. The average molecular weight is 346 g/mol. The molecule has 0 aliphatic heterocycles. The molecule has 0 aliphatic rings. The van der Waals surface area contributed by atoms with Crippen LogP contribution in [-0.4, -0.2) is 25.2 Å². The van der Waals surface area contributed by atoms with Crippen LogP contribution in [0.4, 0.5) is 0 Å². The molecule has 6 nitrogen and oxygen atoms in total. The van der Waals surface area contributed by atoms with E-state index >= 15 is 0 Å². The molecule has 1 amide bonds. The van der Waals surface area contributed by atoms with E-state index in [0.717, 1.165) is 23.4 Å². The van der Waals surface area contributed by atoms with Crippen molar-refractivity contribution in [2.75, 3.05) is 0 Å². The maximum absolute atomic E-state index is 12.3. The fourth-order valence-electron chi connectivity index (χ4n) is 2.76. The van der Waals surface area contributed by atoms with E-state index in [4.69, 9.17) is 11.6 Å². The zero-order valence-electron chi connectivity index (χ0n) is 13.7. The van der Waals surface area contributed by atoms with E-state index in [9.17, 15) is 4.79 Å². The zero-order chi connectivity index (χ0) is 17.1. The van der Waals surface area contributed by atoms with Crippen LogP contribution in [0.2, 0.25) is 5.02 Å². The summed E-state index contributed by atoms with van der Waals surface area (Å²) in [5.74, 6) is 0.623. The highest BCUT2D eigenvalue weighted by Gasteiger charge is 2.16. The lowest BCUT2D eigenvalue weighted by molar-refractivity contribution is -0.125. The maximum atomic E-state index is 12.3. The maximum Gasteiger partial charge on any atom is 0.225 e. The van der Waals surface area contributed by atoms with Gasteiger partial charge in [0.2, 0.25) is 5.91 Å². The molecule has 0 aliphatic carbocycles. The molecular formula is C17H20ClN5O. The highest BCUT2D eigenvalue weighted by Crippen LogP contribution is 2.16. The number of hydrogen-bond donors (Lipinski definition) is 1. The van der Waals surface area contributed by atoms with E-state index in [1.165, 1.54) is 0 Å². The Hall–Kier alpha value is -2.34. The topological polar surface area (TPSA) is 64.7 Å². The third-order valence-corrected chi connectivity index (χ3v) is 4.18. The van der Waals surface area contributed by atoms with E-state index in [2.05, 4.69) is 26.9 Å². The SMILES string of the molecule is CCn1c(CNC(=O)[C@H](C)Cn2cc(Cl)cn2)nc2ccccc21. The van der Waals surface area contributed by atoms with Gasteiger partial charge in [0.1, 0.15) is 5.82 Å². The third kappa shape index (κ3) is 3.43. The molecule has 0 fully saturated rings. The quantitative estimate of drug-likeness (QED) is 0.747. The van der Waals surface area contributed by atoms with Crippen LogP contribution >= 0.6 is 11.6 Å². The van der Waals surface area contributed by atoms with Crippen molar-refractivity contribution < 1.29 is 4.79 Å². The molecule has 0 spiro atoms. The van der Waals surface area contributed by atoms with E-state index < -0.39 is 0 Å². The number of fused-ring (bicyclic) bond motifs is 1. The van der Waals surface area contributed by atoms with Crippen molar-refractivity contribution in [2.45, 2.75) is 33.5 Å². The molecule has 1 N–H and O–H groups in total. The van der Waals surface area contributed by atoms with Crippen molar-refractivity contribution in [1.82, 2.24) is 24.6 Å². The number of carbonyl (C=O) groups is 1. The summed E-state index contributed by atoms with van der Waals surface area (Å²) in [6, 6.07) is 7.99. The molecule has 0 saturated heterocycles. The fourth-order valence-corrected chi connectivity index (χ4v) is 2.91. The van der Waals surface area contributed by atoms with Crippen LogP contribution in [0.25, 0.3) is 11.0 Å². The van der Waals surface area contributed by atoms with Gasteiger partial charge in [0.05, 0.1) is 41.3 Å². The van der Waals surface area contributed by atoms with Gasteiger partial charge in [0, 0.05) is 12.7 Å². The molecule has 2 aromatic heterocycles. The van der Waals surface area contributed by atoms with Crippen molar-refractivity contribution >= 4 is 28.5 Å². The van der Waals surface area contributed by atoms with Gasteiger partial charge in [0.25, 0.3) is 0 Å². The number of halogens is 1. The first-order valence-corrected chi connectivity index (χ1v) is 8.36. The molecule has 3 aromatic rings. The van der Waals surface area contributed by atoms with Gasteiger partial charge in [-0.15, -0.1) is 0 Å². The number of amides is 1. The predicted molar refractivity (Wildman–Crippen MR) is 93.7 cm³/mol. The molecule has 2 heterocycles. The summed E-state index contributed by atoms with van der Waals surface area (Å²) in [4.78, 5) is 16.9. The Balaban J connectivity index is 1.65. The number of imidazole rings is 1. The summed E-state index contributed by atoms with van der Waals surface area (Å²) in [5, 5.41) is 7.63. The lowest BCUT2D eigenvalue weighted by atomic mass is 10.1. The summed E-state index contributed by atoms with van der Waals surface area (Å²) in [5.41, 5.74) is 2.03. The van der Waals surface area contributed by atoms with Crippen LogP contribution in [-0.2, 0) is 24.4 Å². The number of hydrogen-bond acceptors (Lipinski definition) is 3. The lowest BCUT2D eigenvalue weighted by Gasteiger charge is -2.13. The third-order valence-electron chi connectivity index (χ3n) is 3.98. The summed E-state index contributed by atoms with van der Waals surface area (Å²) >= 11 is 5.84. The van der Waals surface area contributed by atoms with Crippen molar-refractivity contribution in [1.29, 1.82) is 0 Å². The standard InChI is InChI=1S/C17H20ClN5O/c1-3-23-15-7-5-4-6-14(15)21-16(23)9-19-17(24)12(2)10-22-11-13(18)8-20-22/h4-8,11-12H,3,9-10H2,1-2H3,(H,19,24)/t12-/m1/s1. The largest absolute Gasteiger partial charge is 0.349 e. The molecule has 126 valence electrons. The molecule has 0 saturated carbocycles. The van der Waals surface area contributed by atoms with Gasteiger partial charge in [-0.25, -0.2) is 4.98 Å². The molecule has 24 heavy (non-hydrogen) atoms. The minimum absolute atomic E-state index is 0.0312. The highest BCUT2D eigenvalue weighted by molar-refractivity contribution is 6.30. The van der Waals surface area contributed by atoms with Crippen molar-refractivity contribution in [2.24, 2.45) is 5.92 Å². The molecule has 1 atom stereocenters. The average Bonchev–Trinajstić information content (AvgIpc) is 3.15. The van der Waals surface area contributed by atoms with Gasteiger partial charge in [-0.3, -0.25) is 9.48 Å². The molecule has 0 bridgehead atoms. The predicted octanol–water partition coefficient (Wildman–Crippen LogP) is 2.86. The number of nitrogens with zero attached hydrogens (tertiary/aromatic N) is 4. The van der Waals surface area contributed by atoms with Crippen LogP contribution in [0, 0.1) is 5.92 Å². The summed E-state index contributed by atoms with van der Waals surface area (Å²) in [6.07, 6.45) is 3.28. The van der Waals surface area contributed by atoms with E-state index in [0.29, 0.717) is 18.1 Å². The molecule has 3 rings (SSSR count). The first kappa shape index (κ1) is 16.5. The number of rotatable bonds is 6. The second-order valence-corrected chi connectivity index (χ2v) is 6.20. The summed E-state index contributed by atoms with van der Waals surface area (Å²) in [6.45, 7) is 5.65. The number of benzene rings is 1. The van der Waals surface area contributed by atoms with Gasteiger partial charge in [-0.1, -0.05) is 30.7 Å². The molecule has 1 aromatic carbocycles. The summed E-state index contributed by atoms with van der Waals surface area (Å²) in [7, 11) is 0. The highest BCUT2D eigenvalue weighted by atomic mass is 35.5. The minimum atomic E-state index is -0.208. The molecular weight excluding hydrogens is 326 g/mol. The molecule has 7 heteroatoms. The van der Waals surface area contributed by atoms with E-state index in [1.807, 2.05) is 31.2 Å². The number of nitrogens with one attached hydrogen (secondary N) is 1. The first-order valence-electron chi connectivity index (χ1n) is 7.98. The Labute approximate surface area is 145 Å². The first-order chi connectivity index (χ1) is 11.6. The van der Waals surface area contributed by atoms with Gasteiger partial charge >= 0.3 is 0 Å². The van der Waals surface area contributed by atoms with Gasteiger partial charge in [0.15, 0.2) is 0 Å². The van der Waals surface area contributed by atoms with Crippen LogP contribution in [0.15, 0.2) is 36.7 Å². The van der Waals surface area contributed by atoms with Crippen LogP contribution in [0.3, 0.4) is 0 Å². The van der Waals surface area contributed by atoms with E-state index in [1.54, 1.807) is 17.1 Å². The van der Waals surface area contributed by atoms with Crippen molar-refractivity contribution in [3.05, 3.63) is 47.5 Å². The smallest absolute Gasteiger partial charge is 0.225 e. The van der Waals surface area contributed by atoms with Crippen molar-refractivity contribution in [3.8, 4) is 0 Å². The normalized spacial score (nSPS) is 12.5. The second kappa shape index (κ2) is 7.05. The van der Waals surface area contributed by atoms with Gasteiger partial charge < -0.3 is 9.88 Å².